The van der Waals surface area contributed by atoms with E-state index in [0.29, 0.717) is 0 Å². The molecule has 1 aromatic rings. The second-order valence-electron chi connectivity index (χ2n) is 5.41. The van der Waals surface area contributed by atoms with Crippen LogP contribution >= 0.6 is 0 Å². The van der Waals surface area contributed by atoms with Crippen LogP contribution in [0.25, 0.3) is 0 Å². The summed E-state index contributed by atoms with van der Waals surface area (Å²) in [4.78, 5) is 2.21. The molecular weight excluding hydrogens is 240 g/mol. The zero-order valence-electron chi connectivity index (χ0n) is 11.8. The van der Waals surface area contributed by atoms with E-state index in [1.807, 2.05) is 18.2 Å². The van der Waals surface area contributed by atoms with Gasteiger partial charge < -0.3 is 15.6 Å². The molecule has 0 amide bonds. The van der Waals surface area contributed by atoms with E-state index in [-0.39, 0.29) is 12.1 Å². The highest BCUT2D eigenvalue weighted by atomic mass is 16.5. The molecule has 0 spiro atoms. The topological polar surface area (TPSA) is 58.7 Å². The van der Waals surface area contributed by atoms with E-state index < -0.39 is 0 Å². The zero-order chi connectivity index (χ0) is 13.8. The number of nitrogen functional groups attached to an aromatic ring is 1. The van der Waals surface area contributed by atoms with E-state index >= 15 is 0 Å². The van der Waals surface area contributed by atoms with Crippen molar-refractivity contribution >= 4 is 5.69 Å². The van der Waals surface area contributed by atoms with Crippen LogP contribution in [0.2, 0.25) is 0 Å². The summed E-state index contributed by atoms with van der Waals surface area (Å²) in [6, 6.07) is 5.93. The average Bonchev–Trinajstić information content (AvgIpc) is 2.39. The quantitative estimate of drug-likeness (QED) is 0.817. The van der Waals surface area contributed by atoms with Crippen LogP contribution in [0.1, 0.15) is 31.2 Å². The summed E-state index contributed by atoms with van der Waals surface area (Å²) in [5.41, 5.74) is 7.66. The Kier molecular flexibility index (Phi) is 4.66. The van der Waals surface area contributed by atoms with Gasteiger partial charge in [-0.05, 0) is 38.1 Å². The predicted molar refractivity (Wildman–Crippen MR) is 77.1 cm³/mol. The fourth-order valence-electron chi connectivity index (χ4n) is 2.91. The number of anilines is 1. The van der Waals surface area contributed by atoms with E-state index in [4.69, 9.17) is 10.5 Å². The maximum absolute atomic E-state index is 10.1. The number of methoxy groups -OCH3 is 1. The van der Waals surface area contributed by atoms with Gasteiger partial charge in [-0.2, -0.15) is 0 Å². The molecule has 0 radical (unpaired) electrons. The Morgan fingerprint density at radius 2 is 2.11 bits per heavy atom. The number of benzene rings is 1. The maximum Gasteiger partial charge on any atom is 0.123 e. The predicted octanol–water partition coefficient (Wildman–Crippen LogP) is 2.01. The third-order valence-corrected chi connectivity index (χ3v) is 3.98. The molecule has 106 valence electrons. The molecule has 0 saturated heterocycles. The summed E-state index contributed by atoms with van der Waals surface area (Å²) in [7, 11) is 3.73. The average molecular weight is 264 g/mol. The van der Waals surface area contributed by atoms with Gasteiger partial charge in [0.2, 0.25) is 0 Å². The molecule has 2 rings (SSSR count). The Morgan fingerprint density at radius 1 is 1.37 bits per heavy atom. The summed E-state index contributed by atoms with van der Waals surface area (Å²) in [5, 5.41) is 10.1. The highest BCUT2D eigenvalue weighted by molar-refractivity contribution is 5.47. The third-order valence-electron chi connectivity index (χ3n) is 3.98. The Hall–Kier alpha value is -1.26. The Bertz CT molecular complexity index is 423. The van der Waals surface area contributed by atoms with Crippen molar-refractivity contribution < 1.29 is 9.84 Å². The summed E-state index contributed by atoms with van der Waals surface area (Å²) in [6.07, 6.45) is 4.07. The van der Waals surface area contributed by atoms with Crippen LogP contribution in [0.3, 0.4) is 0 Å². The molecule has 1 fully saturated rings. The molecule has 2 atom stereocenters. The van der Waals surface area contributed by atoms with Gasteiger partial charge in [0, 0.05) is 23.8 Å². The summed E-state index contributed by atoms with van der Waals surface area (Å²) >= 11 is 0. The van der Waals surface area contributed by atoms with E-state index in [1.54, 1.807) is 7.11 Å². The van der Waals surface area contributed by atoms with Gasteiger partial charge in [-0.3, -0.25) is 4.90 Å². The van der Waals surface area contributed by atoms with Crippen LogP contribution in [-0.2, 0) is 6.54 Å². The lowest BCUT2D eigenvalue weighted by Crippen LogP contribution is -2.42. The SMILES string of the molecule is COc1ccc(N)cc1CN(C)C1CCCCC1O. The van der Waals surface area contributed by atoms with Crippen molar-refractivity contribution in [2.75, 3.05) is 19.9 Å². The smallest absolute Gasteiger partial charge is 0.123 e. The van der Waals surface area contributed by atoms with Crippen molar-refractivity contribution in [2.24, 2.45) is 0 Å². The van der Waals surface area contributed by atoms with Crippen LogP contribution in [-0.4, -0.2) is 36.3 Å². The number of hydrogen-bond donors (Lipinski definition) is 2. The van der Waals surface area contributed by atoms with Crippen LogP contribution in [0.4, 0.5) is 5.69 Å². The highest BCUT2D eigenvalue weighted by Gasteiger charge is 2.26. The maximum atomic E-state index is 10.1. The summed E-state index contributed by atoms with van der Waals surface area (Å²) in [6.45, 7) is 0.746. The first-order chi connectivity index (χ1) is 9.11. The van der Waals surface area contributed by atoms with E-state index in [1.165, 1.54) is 6.42 Å². The molecule has 0 bridgehead atoms. The molecule has 4 heteroatoms. The number of rotatable bonds is 4. The fourth-order valence-corrected chi connectivity index (χ4v) is 2.91. The van der Waals surface area contributed by atoms with Gasteiger partial charge in [-0.25, -0.2) is 0 Å². The second kappa shape index (κ2) is 6.26. The lowest BCUT2D eigenvalue weighted by Gasteiger charge is -2.35. The standard InChI is InChI=1S/C15H24N2O2/c1-17(13-5-3-4-6-14(13)18)10-11-9-12(16)7-8-15(11)19-2/h7-9,13-14,18H,3-6,10,16H2,1-2H3. The van der Waals surface area contributed by atoms with Crippen LogP contribution in [0.15, 0.2) is 18.2 Å². The first-order valence-corrected chi connectivity index (χ1v) is 6.92. The zero-order valence-corrected chi connectivity index (χ0v) is 11.8. The van der Waals surface area contributed by atoms with Crippen LogP contribution < -0.4 is 10.5 Å². The molecule has 0 aromatic heterocycles. The van der Waals surface area contributed by atoms with Crippen molar-refractivity contribution in [3.63, 3.8) is 0 Å². The molecule has 1 saturated carbocycles. The monoisotopic (exact) mass is 264 g/mol. The minimum atomic E-state index is -0.217. The normalized spacial score (nSPS) is 23.6. The van der Waals surface area contributed by atoms with Gasteiger partial charge in [-0.1, -0.05) is 12.8 Å². The number of hydrogen-bond acceptors (Lipinski definition) is 4. The molecule has 1 aliphatic rings. The molecule has 1 aliphatic carbocycles. The number of nitrogens with zero attached hydrogens (tertiary/aromatic N) is 1. The molecule has 1 aromatic carbocycles. The second-order valence-corrected chi connectivity index (χ2v) is 5.41. The van der Waals surface area contributed by atoms with Gasteiger partial charge in [0.15, 0.2) is 0 Å². The lowest BCUT2D eigenvalue weighted by atomic mass is 9.91. The van der Waals surface area contributed by atoms with Crippen molar-refractivity contribution in [3.8, 4) is 5.75 Å². The van der Waals surface area contributed by atoms with Gasteiger partial charge in [0.05, 0.1) is 13.2 Å². The number of aliphatic hydroxyl groups excluding tert-OH is 1. The van der Waals surface area contributed by atoms with Crippen molar-refractivity contribution in [3.05, 3.63) is 23.8 Å². The van der Waals surface area contributed by atoms with E-state index in [2.05, 4.69) is 11.9 Å². The first-order valence-electron chi connectivity index (χ1n) is 6.92. The largest absolute Gasteiger partial charge is 0.496 e. The minimum Gasteiger partial charge on any atom is -0.496 e. The number of nitrogens with two attached hydrogens (primary N) is 1. The number of likely N-dealkylation sites (N-methyl/N-ethyl adjacent to an activating group) is 1. The third kappa shape index (κ3) is 3.39. The number of ether oxygens (including phenoxy) is 1. The lowest BCUT2D eigenvalue weighted by molar-refractivity contribution is 0.0285. The Balaban J connectivity index is 2.09. The van der Waals surface area contributed by atoms with Crippen LogP contribution in [0.5, 0.6) is 5.75 Å². The summed E-state index contributed by atoms with van der Waals surface area (Å²) in [5.74, 6) is 0.853. The van der Waals surface area contributed by atoms with Gasteiger partial charge in [0.1, 0.15) is 5.75 Å². The van der Waals surface area contributed by atoms with Gasteiger partial charge in [0.25, 0.3) is 0 Å². The van der Waals surface area contributed by atoms with Crippen molar-refractivity contribution in [1.29, 1.82) is 0 Å². The Labute approximate surface area is 115 Å². The molecular formula is C15H24N2O2. The first kappa shape index (κ1) is 14.2. The van der Waals surface area contributed by atoms with Gasteiger partial charge >= 0.3 is 0 Å². The van der Waals surface area contributed by atoms with Crippen molar-refractivity contribution in [2.45, 2.75) is 44.4 Å². The summed E-state index contributed by atoms with van der Waals surface area (Å²) < 4.78 is 5.37. The number of aliphatic hydroxyl groups is 1. The molecule has 19 heavy (non-hydrogen) atoms. The minimum absolute atomic E-state index is 0.217. The molecule has 2 unspecified atom stereocenters. The molecule has 0 heterocycles. The van der Waals surface area contributed by atoms with E-state index in [0.717, 1.165) is 42.8 Å². The molecule has 0 aliphatic heterocycles. The van der Waals surface area contributed by atoms with Crippen LogP contribution in [0, 0.1) is 0 Å². The highest BCUT2D eigenvalue weighted by Crippen LogP contribution is 2.27. The van der Waals surface area contributed by atoms with Gasteiger partial charge in [-0.15, -0.1) is 0 Å². The fraction of sp³-hybridized carbons (Fsp3) is 0.600. The Morgan fingerprint density at radius 3 is 2.79 bits per heavy atom. The van der Waals surface area contributed by atoms with E-state index in [9.17, 15) is 5.11 Å². The van der Waals surface area contributed by atoms with Crippen molar-refractivity contribution in [1.82, 2.24) is 4.90 Å². The molecule has 3 N–H and O–H groups in total. The molecule has 4 nitrogen and oxygen atoms in total.